The summed E-state index contributed by atoms with van der Waals surface area (Å²) < 4.78 is 34.5. The van der Waals surface area contributed by atoms with E-state index in [9.17, 15) is 8.42 Å². The van der Waals surface area contributed by atoms with Crippen molar-refractivity contribution in [2.45, 2.75) is 17.9 Å². The first-order valence-electron chi connectivity index (χ1n) is 9.28. The fraction of sp³-hybridized carbons (Fsp3) is 0.150. The van der Waals surface area contributed by atoms with Gasteiger partial charge in [-0.2, -0.15) is 4.31 Å². The molecule has 1 aromatic carbocycles. The molecule has 0 saturated heterocycles. The highest BCUT2D eigenvalue weighted by Gasteiger charge is 2.29. The maximum Gasteiger partial charge on any atom is 0.272 e. The molecule has 0 atom stereocenters. The van der Waals surface area contributed by atoms with E-state index in [4.69, 9.17) is 4.42 Å². The van der Waals surface area contributed by atoms with Crippen molar-refractivity contribution in [2.75, 3.05) is 6.54 Å². The maximum absolute atomic E-state index is 13.1. The minimum absolute atomic E-state index is 0.257. The van der Waals surface area contributed by atoms with E-state index in [1.165, 1.54) is 9.18 Å². The Morgan fingerprint density at radius 3 is 2.84 bits per heavy atom. The quantitative estimate of drug-likeness (QED) is 0.332. The van der Waals surface area contributed by atoms with Gasteiger partial charge in [-0.25, -0.2) is 8.42 Å². The zero-order chi connectivity index (χ0) is 21.4. The van der Waals surface area contributed by atoms with Gasteiger partial charge in [0.25, 0.3) is 9.06 Å². The van der Waals surface area contributed by atoms with Crippen LogP contribution in [0.5, 0.6) is 0 Å². The lowest BCUT2D eigenvalue weighted by Gasteiger charge is -2.25. The molecule has 0 bridgehead atoms. The third kappa shape index (κ3) is 4.33. The van der Waals surface area contributed by atoms with Gasteiger partial charge in [-0.3, -0.25) is 4.98 Å². The van der Waals surface area contributed by atoms with Crippen LogP contribution in [0.1, 0.15) is 10.4 Å². The number of aromatic nitrogens is 3. The van der Waals surface area contributed by atoms with Crippen molar-refractivity contribution in [2.24, 2.45) is 0 Å². The number of thiophene rings is 1. The van der Waals surface area contributed by atoms with Crippen LogP contribution in [0.4, 0.5) is 0 Å². The molecule has 0 amide bonds. The molecule has 0 N–H and O–H groups in total. The molecule has 0 saturated carbocycles. The van der Waals surface area contributed by atoms with Crippen LogP contribution in [-0.4, -0.2) is 34.4 Å². The van der Waals surface area contributed by atoms with Gasteiger partial charge in [-0.1, -0.05) is 12.1 Å². The van der Waals surface area contributed by atoms with Crippen LogP contribution < -0.4 is 0 Å². The SMILES string of the molecule is O=S(=O)(Sc1ccccc1-c1nnc(-c2cncc(Br)c2)o1)N1CCc2sccc2C1. The van der Waals surface area contributed by atoms with Gasteiger partial charge in [0.15, 0.2) is 0 Å². The Morgan fingerprint density at radius 1 is 1.13 bits per heavy atom. The van der Waals surface area contributed by atoms with E-state index in [2.05, 4.69) is 31.1 Å². The summed E-state index contributed by atoms with van der Waals surface area (Å²) >= 11 is 5.05. The van der Waals surface area contributed by atoms with Crippen molar-refractivity contribution < 1.29 is 12.8 Å². The minimum atomic E-state index is -3.59. The van der Waals surface area contributed by atoms with Crippen molar-refractivity contribution in [3.8, 4) is 22.9 Å². The predicted octanol–water partition coefficient (Wildman–Crippen LogP) is 5.02. The fourth-order valence-electron chi connectivity index (χ4n) is 3.27. The van der Waals surface area contributed by atoms with Crippen LogP contribution in [0.15, 0.2) is 68.0 Å². The van der Waals surface area contributed by atoms with Crippen LogP contribution in [0.25, 0.3) is 22.9 Å². The monoisotopic (exact) mass is 534 g/mol. The molecule has 0 fully saturated rings. The molecule has 5 rings (SSSR count). The van der Waals surface area contributed by atoms with Crippen LogP contribution in [-0.2, 0) is 22.0 Å². The van der Waals surface area contributed by atoms with Gasteiger partial charge in [0.1, 0.15) is 0 Å². The Hall–Kier alpha value is -2.05. The second kappa shape index (κ2) is 8.47. The van der Waals surface area contributed by atoms with Gasteiger partial charge in [0.2, 0.25) is 11.8 Å². The summed E-state index contributed by atoms with van der Waals surface area (Å²) in [6.07, 6.45) is 4.03. The number of rotatable bonds is 5. The van der Waals surface area contributed by atoms with Gasteiger partial charge in [0.05, 0.1) is 11.1 Å². The highest BCUT2D eigenvalue weighted by Crippen LogP contribution is 2.38. The lowest BCUT2D eigenvalue weighted by atomic mass is 10.1. The lowest BCUT2D eigenvalue weighted by molar-refractivity contribution is 0.404. The van der Waals surface area contributed by atoms with E-state index >= 15 is 0 Å². The first-order chi connectivity index (χ1) is 15.0. The average Bonchev–Trinajstić information content (AvgIpc) is 3.43. The summed E-state index contributed by atoms with van der Waals surface area (Å²) in [5.41, 5.74) is 2.33. The molecule has 4 heterocycles. The standard InChI is InChI=1S/C20H15BrN4O3S3/c21-15-9-14(10-22-11-15)19-23-24-20(28-19)16-3-1-2-4-18(16)30-31(26,27)25-7-5-17-13(12-25)6-8-29-17/h1-4,6,8-11H,5,7,12H2. The van der Waals surface area contributed by atoms with Gasteiger partial charge in [-0.15, -0.1) is 21.5 Å². The Bertz CT molecular complexity index is 1350. The molecule has 0 unspecified atom stereocenters. The van der Waals surface area contributed by atoms with Crippen molar-refractivity contribution in [3.05, 3.63) is 69.1 Å². The number of fused-ring (bicyclic) bond motifs is 1. The van der Waals surface area contributed by atoms with Crippen molar-refractivity contribution in [1.82, 2.24) is 19.5 Å². The van der Waals surface area contributed by atoms with E-state index in [0.717, 1.165) is 27.3 Å². The molecule has 1 aliphatic heterocycles. The molecule has 3 aromatic heterocycles. The summed E-state index contributed by atoms with van der Waals surface area (Å²) in [5, 5.41) is 10.3. The van der Waals surface area contributed by atoms with Crippen LogP contribution in [0.2, 0.25) is 0 Å². The first-order valence-corrected chi connectivity index (χ1v) is 13.7. The summed E-state index contributed by atoms with van der Waals surface area (Å²) in [7, 11) is -2.78. The molecular formula is C20H15BrN4O3S3. The molecule has 1 aliphatic rings. The minimum Gasteiger partial charge on any atom is -0.416 e. The number of nitrogens with zero attached hydrogens (tertiary/aromatic N) is 4. The van der Waals surface area contributed by atoms with E-state index in [1.807, 2.05) is 23.6 Å². The fourth-order valence-corrected chi connectivity index (χ4v) is 7.67. The molecule has 158 valence electrons. The predicted molar refractivity (Wildman–Crippen MR) is 124 cm³/mol. The molecule has 4 aromatic rings. The molecule has 31 heavy (non-hydrogen) atoms. The van der Waals surface area contributed by atoms with Gasteiger partial charge >= 0.3 is 0 Å². The lowest BCUT2D eigenvalue weighted by Crippen LogP contribution is -2.33. The van der Waals surface area contributed by atoms with E-state index in [0.29, 0.717) is 35.0 Å². The highest BCUT2D eigenvalue weighted by molar-refractivity contribution is 9.10. The third-order valence-corrected chi connectivity index (χ3v) is 9.73. The average molecular weight is 535 g/mol. The number of hydrogen-bond acceptors (Lipinski definition) is 8. The van der Waals surface area contributed by atoms with Crippen LogP contribution in [0.3, 0.4) is 0 Å². The third-order valence-electron chi connectivity index (χ3n) is 4.78. The van der Waals surface area contributed by atoms with Gasteiger partial charge in [0, 0.05) is 50.5 Å². The Balaban J connectivity index is 1.43. The molecule has 0 radical (unpaired) electrons. The Kier molecular flexibility index (Phi) is 5.69. The van der Waals surface area contributed by atoms with E-state index in [1.54, 1.807) is 41.9 Å². The zero-order valence-electron chi connectivity index (χ0n) is 15.9. The summed E-state index contributed by atoms with van der Waals surface area (Å²) in [6.45, 7) is 0.878. The Morgan fingerprint density at radius 2 is 1.97 bits per heavy atom. The van der Waals surface area contributed by atoms with Crippen LogP contribution >= 0.6 is 38.1 Å². The number of hydrogen-bond donors (Lipinski definition) is 0. The summed E-state index contributed by atoms with van der Waals surface area (Å²) in [4.78, 5) is 5.91. The van der Waals surface area contributed by atoms with Crippen LogP contribution in [0, 0.1) is 0 Å². The zero-order valence-corrected chi connectivity index (χ0v) is 20.0. The number of halogens is 1. The summed E-state index contributed by atoms with van der Waals surface area (Å²) in [6, 6.07) is 11.0. The highest BCUT2D eigenvalue weighted by atomic mass is 79.9. The molecule has 11 heteroatoms. The topological polar surface area (TPSA) is 89.2 Å². The van der Waals surface area contributed by atoms with Crippen molar-refractivity contribution >= 4 is 47.1 Å². The van der Waals surface area contributed by atoms with Gasteiger partial charge in [-0.05, 0) is 57.6 Å². The number of pyridine rings is 1. The largest absolute Gasteiger partial charge is 0.416 e. The van der Waals surface area contributed by atoms with Crippen molar-refractivity contribution in [1.29, 1.82) is 0 Å². The molecule has 0 aliphatic carbocycles. The second-order valence-electron chi connectivity index (χ2n) is 6.79. The van der Waals surface area contributed by atoms with E-state index < -0.39 is 9.06 Å². The summed E-state index contributed by atoms with van der Waals surface area (Å²) in [5.74, 6) is 0.569. The second-order valence-corrected chi connectivity index (χ2v) is 12.5. The molecule has 0 spiro atoms. The normalized spacial score (nSPS) is 14.5. The Labute approximate surface area is 195 Å². The first kappa shape index (κ1) is 20.8. The maximum atomic E-state index is 13.1. The van der Waals surface area contributed by atoms with Gasteiger partial charge < -0.3 is 4.42 Å². The number of benzene rings is 1. The van der Waals surface area contributed by atoms with E-state index in [-0.39, 0.29) is 5.89 Å². The van der Waals surface area contributed by atoms with Crippen molar-refractivity contribution in [3.63, 3.8) is 0 Å². The smallest absolute Gasteiger partial charge is 0.272 e. The molecular weight excluding hydrogens is 520 g/mol. The molecule has 7 nitrogen and oxygen atoms in total.